The average Bonchev–Trinajstić information content (AvgIpc) is 1.68. The Labute approximate surface area is 589 Å². The Bertz CT molecular complexity index is 3570. The van der Waals surface area contributed by atoms with Gasteiger partial charge in [0.1, 0.15) is 41.3 Å². The standard InChI is InChI=1S/C65H89N13O21S2/c1-35-30-77-55(56(35)87)61(92)67-29-43(82)27-45(68-57(88)39-10-8-38(9-11-39)46-32-78-65(69-46)100-62(73-78)40-12-14-42(15-13-40)75-22-20-74(21-23-75)19-5-4-6-24-96-3)58(89)70-52(36(2)81)63(93)76-31-44(83)28-47(76)59(90)71-53(50(86)25-37-7-16-48(84)51(26-37)97-101-99-98-95)60(91)72-54(64(77)94)49(85)17-18-66-41(33-79)34-80/h7-16,26,32,35-36,41,43-45,47,49-50,52-56,66,79-87,95H,4-6,17-25,27-31,33-34H2,1-3H3,(H,67,92)(H,68,88)(H,70,89)(H,71,90)(H,72,91)/t35-,36+,43+,44+,45?,47-,49+,50+,52-,53-,54-,55-,56-/m0/s1. The van der Waals surface area contributed by atoms with E-state index in [-0.39, 0.29) is 42.3 Å². The fourth-order valence-electron chi connectivity index (χ4n) is 12.7. The lowest BCUT2D eigenvalue weighted by molar-refractivity contribution is -0.433. The van der Waals surface area contributed by atoms with Crippen LogP contribution in [0.1, 0.15) is 68.3 Å². The predicted molar refractivity (Wildman–Crippen MR) is 363 cm³/mol. The number of ether oxygens (including phenoxy) is 1. The number of rotatable bonds is 26. The first-order chi connectivity index (χ1) is 48.5. The molecule has 4 aliphatic rings. The van der Waals surface area contributed by atoms with Crippen molar-refractivity contribution in [1.82, 2.24) is 61.2 Å². The van der Waals surface area contributed by atoms with Gasteiger partial charge in [0.25, 0.3) is 18.2 Å². The molecule has 16 N–H and O–H groups in total. The second kappa shape index (κ2) is 36.4. The van der Waals surface area contributed by atoms with Gasteiger partial charge in [0.2, 0.25) is 40.4 Å². The van der Waals surface area contributed by atoms with Gasteiger partial charge in [0.05, 0.1) is 67.8 Å². The maximum Gasteiger partial charge on any atom is 0.261 e. The lowest BCUT2D eigenvalue weighted by Crippen LogP contribution is -2.64. The number of carbonyl (C=O) groups is 7. The number of phenolic OH excluding ortho intramolecular Hbond substituents is 1. The van der Waals surface area contributed by atoms with Crippen molar-refractivity contribution in [3.8, 4) is 33.3 Å². The van der Waals surface area contributed by atoms with E-state index in [1.807, 2.05) is 12.1 Å². The number of anilines is 1. The third-order valence-corrected chi connectivity index (χ3v) is 19.7. The number of amides is 7. The summed E-state index contributed by atoms with van der Waals surface area (Å²) in [5.41, 5.74) is 3.31. The highest BCUT2D eigenvalue weighted by Gasteiger charge is 2.50. The van der Waals surface area contributed by atoms with Crippen LogP contribution in [0.4, 0.5) is 5.69 Å². The zero-order valence-electron chi connectivity index (χ0n) is 55.9. The van der Waals surface area contributed by atoms with Gasteiger partial charge in [-0.05, 0) is 99.8 Å². The third kappa shape index (κ3) is 19.9. The van der Waals surface area contributed by atoms with Gasteiger partial charge < -0.3 is 101 Å². The number of phenols is 1. The maximum atomic E-state index is 15.0. The van der Waals surface area contributed by atoms with Crippen LogP contribution in [-0.2, 0) is 49.3 Å². The van der Waals surface area contributed by atoms with Crippen molar-refractivity contribution < 1.29 is 103 Å². The normalized spacial score (nSPS) is 24.9. The molecule has 0 radical (unpaired) electrons. The number of methoxy groups -OCH3 is 1. The van der Waals surface area contributed by atoms with Crippen LogP contribution >= 0.6 is 23.7 Å². The number of piperazine rings is 1. The van der Waals surface area contributed by atoms with Crippen LogP contribution < -0.4 is 41.0 Å². The second-order valence-corrected chi connectivity index (χ2v) is 27.1. The zero-order chi connectivity index (χ0) is 72.6. The first-order valence-corrected chi connectivity index (χ1v) is 34.8. The van der Waals surface area contributed by atoms with Crippen molar-refractivity contribution in [2.45, 2.75) is 138 Å². The van der Waals surface area contributed by atoms with Crippen LogP contribution in [0.25, 0.3) is 26.8 Å². The smallest absolute Gasteiger partial charge is 0.261 e. The highest BCUT2D eigenvalue weighted by molar-refractivity contribution is 7.90. The molecule has 3 aromatic carbocycles. The molecule has 0 saturated carbocycles. The minimum Gasteiger partial charge on any atom is -0.504 e. The van der Waals surface area contributed by atoms with E-state index in [1.165, 1.54) is 36.5 Å². The summed E-state index contributed by atoms with van der Waals surface area (Å²) in [7, 11) is 1.73. The Morgan fingerprint density at radius 3 is 2.16 bits per heavy atom. The van der Waals surface area contributed by atoms with Crippen LogP contribution in [0.5, 0.6) is 11.5 Å². The molecule has 0 aliphatic carbocycles. The molecule has 0 bridgehead atoms. The Hall–Kier alpha value is -7.76. The molecule has 13 atom stereocenters. The van der Waals surface area contributed by atoms with Gasteiger partial charge >= 0.3 is 0 Å². The first-order valence-electron chi connectivity index (χ1n) is 33.3. The minimum absolute atomic E-state index is 0.0146. The van der Waals surface area contributed by atoms with E-state index >= 15 is 4.79 Å². The number of nitrogens with zero attached hydrogens (tertiary/aromatic N) is 7. The van der Waals surface area contributed by atoms with Crippen molar-refractivity contribution in [2.24, 2.45) is 5.92 Å². The maximum absolute atomic E-state index is 15.0. The van der Waals surface area contributed by atoms with Gasteiger partial charge in [-0.1, -0.05) is 45.8 Å². The van der Waals surface area contributed by atoms with Crippen LogP contribution in [-0.4, -0.2) is 287 Å². The van der Waals surface area contributed by atoms with Crippen LogP contribution in [0.2, 0.25) is 0 Å². The highest BCUT2D eigenvalue weighted by Crippen LogP contribution is 2.33. The largest absolute Gasteiger partial charge is 0.504 e. The molecule has 7 amide bonds. The van der Waals surface area contributed by atoms with Gasteiger partial charge in [-0.15, -0.1) is 0 Å². The minimum atomic E-state index is -2.16. The Kier molecular flexibility index (Phi) is 27.9. The number of benzene rings is 3. The van der Waals surface area contributed by atoms with E-state index in [2.05, 4.69) is 63.2 Å². The predicted octanol–water partition coefficient (Wildman–Crippen LogP) is -2.59. The number of hydrogen-bond acceptors (Lipinski definition) is 28. The number of aromatic hydroxyl groups is 1. The third-order valence-electron chi connectivity index (χ3n) is 18.4. The summed E-state index contributed by atoms with van der Waals surface area (Å²) in [6.07, 6.45) is -7.57. The fraction of sp³-hybridized carbons (Fsp3) is 0.554. The summed E-state index contributed by atoms with van der Waals surface area (Å²) in [6.45, 7) is 5.42. The van der Waals surface area contributed by atoms with Crippen LogP contribution in [0, 0.1) is 5.92 Å². The molecule has 101 heavy (non-hydrogen) atoms. The number of imidazole rings is 1. The van der Waals surface area contributed by atoms with E-state index in [1.54, 1.807) is 30.0 Å². The van der Waals surface area contributed by atoms with E-state index < -0.39 is 184 Å². The van der Waals surface area contributed by atoms with Crippen molar-refractivity contribution in [2.75, 3.05) is 90.7 Å². The van der Waals surface area contributed by atoms with Gasteiger partial charge in [-0.3, -0.25) is 38.5 Å². The molecule has 4 aliphatic heterocycles. The van der Waals surface area contributed by atoms with Crippen molar-refractivity contribution >= 4 is 75.7 Å². The summed E-state index contributed by atoms with van der Waals surface area (Å²) in [4.78, 5) is 115. The Morgan fingerprint density at radius 2 is 1.48 bits per heavy atom. The van der Waals surface area contributed by atoms with E-state index in [9.17, 15) is 74.7 Å². The monoisotopic (exact) mass is 1450 g/mol. The molecule has 34 nitrogen and oxygen atoms in total. The molecular weight excluding hydrogens is 1360 g/mol. The molecule has 0 spiro atoms. The highest BCUT2D eigenvalue weighted by atomic mass is 32.2. The quantitative estimate of drug-likeness (QED) is 0.0117. The van der Waals surface area contributed by atoms with Crippen molar-refractivity contribution in [1.29, 1.82) is 0 Å². The van der Waals surface area contributed by atoms with Crippen molar-refractivity contribution in [3.05, 3.63) is 84.1 Å². The number of aliphatic hydroxyl groups is 8. The lowest BCUT2D eigenvalue weighted by atomic mass is 9.98. The van der Waals surface area contributed by atoms with Gasteiger partial charge in [-0.25, -0.2) is 14.8 Å². The van der Waals surface area contributed by atoms with Crippen molar-refractivity contribution in [3.63, 3.8) is 0 Å². The van der Waals surface area contributed by atoms with Gasteiger partial charge in [0, 0.05) is 107 Å². The molecule has 552 valence electrons. The molecule has 5 aromatic rings. The summed E-state index contributed by atoms with van der Waals surface area (Å²) in [5.74, 6) is -9.62. The number of unbranched alkanes of at least 4 members (excludes halogenated alkanes) is 2. The summed E-state index contributed by atoms with van der Waals surface area (Å²) >= 11 is 1.46. The molecule has 36 heteroatoms. The number of aromatic nitrogens is 3. The molecule has 4 saturated heterocycles. The molecule has 6 heterocycles. The Morgan fingerprint density at radius 1 is 0.782 bits per heavy atom. The number of nitrogens with one attached hydrogen (secondary N) is 6. The van der Waals surface area contributed by atoms with E-state index in [4.69, 9.17) is 24.3 Å². The number of carbonyl (C=O) groups excluding carboxylic acids is 7. The molecule has 1 unspecified atom stereocenters. The number of fused-ring (bicyclic) bond motifs is 3. The Balaban J connectivity index is 0.954. The SMILES string of the molecule is COCCCCCN1CCN(c2ccc(-c3nn4cc(-c5ccc(C(=O)NC6C[C@@H](O)CNC(=O)[C@@H]7[C@@H](O)[C@@H](C)CN7C(=O)[C@H]([C@H](O)CCNC(CO)CO)NC(=O)[C@H]([C@H](O)Cc7ccc(O)c(OSOOO)c7)NC(=O)[C@@H]7C[C@@H](O)CN7C(=O)[C@H]([C@@H](C)O)NC6=O)cc5)nc4s3)cc2)CC1. The van der Waals surface area contributed by atoms with Crippen LogP contribution in [0.15, 0.2) is 72.9 Å². The van der Waals surface area contributed by atoms with Gasteiger partial charge in [-0.2, -0.15) is 5.10 Å². The number of aliphatic hydroxyl groups excluding tert-OH is 8. The summed E-state index contributed by atoms with van der Waals surface area (Å²) < 4.78 is 16.2. The molecule has 2 aromatic heterocycles. The molecule has 4 fully saturated rings. The lowest BCUT2D eigenvalue weighted by Gasteiger charge is -2.36. The number of β-amino-alcohol motifs (C(OH)–C–C–N with tert-alkyl or cyclic N) is 1. The zero-order valence-corrected chi connectivity index (χ0v) is 57.5. The first kappa shape index (κ1) is 77.4. The second-order valence-electron chi connectivity index (χ2n) is 25.7. The summed E-state index contributed by atoms with van der Waals surface area (Å²) in [5, 5.41) is 132. The van der Waals surface area contributed by atoms with E-state index in [0.717, 1.165) is 104 Å². The van der Waals surface area contributed by atoms with E-state index in [0.29, 0.717) is 16.2 Å². The molecule has 9 rings (SSSR count). The fourth-order valence-corrected chi connectivity index (χ4v) is 13.8. The molecular formula is C65H89N13O21S2. The average molecular weight is 1450 g/mol. The van der Waals surface area contributed by atoms with Gasteiger partial charge in [0.15, 0.2) is 11.5 Å². The topological polar surface area (TPSA) is 474 Å². The summed E-state index contributed by atoms with van der Waals surface area (Å²) in [6, 6.07) is 5.67. The van der Waals surface area contributed by atoms with Crippen LogP contribution in [0.3, 0.4) is 0 Å². The number of hydrogen-bond donors (Lipinski definition) is 16.